The SMILES string of the molecule is NN(C(=O)[C@H]1C[C@H](n2ccnc2)CN1)C(=O)[C@@H]1CC[C@@H]2CN1C(=O)N2OS(=O)(=O)O. The van der Waals surface area contributed by atoms with Crippen LogP contribution in [0.5, 0.6) is 0 Å². The summed E-state index contributed by atoms with van der Waals surface area (Å²) in [6, 6.07) is -3.25. The van der Waals surface area contributed by atoms with Crippen LogP contribution in [0.3, 0.4) is 0 Å². The highest BCUT2D eigenvalue weighted by Crippen LogP contribution is 2.31. The molecule has 4 amide bonds. The van der Waals surface area contributed by atoms with Crippen molar-refractivity contribution < 1.29 is 31.6 Å². The molecule has 0 radical (unpaired) electrons. The first kappa shape index (κ1) is 20.7. The predicted molar refractivity (Wildman–Crippen MR) is 97.1 cm³/mol. The minimum atomic E-state index is -4.89. The number of hydrazine groups is 1. The highest BCUT2D eigenvalue weighted by Gasteiger charge is 2.50. The molecule has 1 aromatic heterocycles. The third kappa shape index (κ3) is 3.77. The van der Waals surface area contributed by atoms with E-state index in [1.807, 2.05) is 4.57 Å². The molecule has 14 nitrogen and oxygen atoms in total. The number of piperidine rings is 1. The molecule has 0 unspecified atom stereocenters. The van der Waals surface area contributed by atoms with E-state index in [2.05, 4.69) is 14.6 Å². The normalized spacial score (nSPS) is 28.8. The van der Waals surface area contributed by atoms with E-state index in [-0.39, 0.29) is 25.4 Å². The number of nitrogens with one attached hydrogen (secondary N) is 1. The zero-order chi connectivity index (χ0) is 21.6. The van der Waals surface area contributed by atoms with Gasteiger partial charge in [0, 0.05) is 31.5 Å². The summed E-state index contributed by atoms with van der Waals surface area (Å²) in [7, 11) is -4.89. The lowest BCUT2D eigenvalue weighted by Gasteiger charge is -2.31. The number of imidazole rings is 1. The number of carbonyl (C=O) groups is 3. The van der Waals surface area contributed by atoms with Crippen molar-refractivity contribution in [3.63, 3.8) is 0 Å². The molecule has 0 saturated carbocycles. The van der Waals surface area contributed by atoms with Crippen molar-refractivity contribution in [1.29, 1.82) is 0 Å². The van der Waals surface area contributed by atoms with E-state index in [0.717, 1.165) is 4.90 Å². The number of amides is 4. The molecular weight excluding hydrogens is 422 g/mol. The minimum absolute atomic E-state index is 0.00770. The third-order valence-electron chi connectivity index (χ3n) is 5.61. The topological polar surface area (TPSA) is 180 Å². The summed E-state index contributed by atoms with van der Waals surface area (Å²) >= 11 is 0. The van der Waals surface area contributed by atoms with E-state index >= 15 is 0 Å². The molecular formula is C15H21N7O7S. The number of aromatic nitrogens is 2. The highest BCUT2D eigenvalue weighted by atomic mass is 32.3. The van der Waals surface area contributed by atoms with Gasteiger partial charge >= 0.3 is 16.4 Å². The van der Waals surface area contributed by atoms with Crippen LogP contribution in [0.4, 0.5) is 4.79 Å². The van der Waals surface area contributed by atoms with E-state index < -0.39 is 46.4 Å². The summed E-state index contributed by atoms with van der Waals surface area (Å²) in [4.78, 5) is 43.1. The fraction of sp³-hybridized carbons (Fsp3) is 0.600. The number of imide groups is 1. The number of hydrogen-bond donors (Lipinski definition) is 3. The van der Waals surface area contributed by atoms with Crippen molar-refractivity contribution >= 4 is 28.2 Å². The van der Waals surface area contributed by atoms with Crippen molar-refractivity contribution in [2.24, 2.45) is 5.84 Å². The first-order valence-electron chi connectivity index (χ1n) is 9.26. The lowest BCUT2D eigenvalue weighted by Crippen LogP contribution is -2.58. The van der Waals surface area contributed by atoms with Crippen LogP contribution >= 0.6 is 0 Å². The maximum Gasteiger partial charge on any atom is 0.418 e. The zero-order valence-electron chi connectivity index (χ0n) is 15.7. The molecule has 3 aliphatic heterocycles. The molecule has 0 aromatic carbocycles. The standard InChI is InChI=1S/C15H21N7O7S/c16-21(13(23)11-5-10(6-18-11)19-4-3-17-8-19)14(24)12-2-1-9-7-20(12)15(25)22(9)29-30(26,27)28/h3-4,8-12,18H,1-2,5-7,16H2,(H,26,27,28)/t9-,10+,11-,12+/m1/s1. The number of carbonyl (C=O) groups excluding carboxylic acids is 3. The molecule has 0 aliphatic carbocycles. The number of hydroxylamine groups is 2. The maximum atomic E-state index is 12.8. The molecule has 4 heterocycles. The average Bonchev–Trinajstić information content (AvgIpc) is 3.43. The van der Waals surface area contributed by atoms with Crippen molar-refractivity contribution in [1.82, 2.24) is 29.8 Å². The minimum Gasteiger partial charge on any atom is -0.333 e. The molecule has 0 spiro atoms. The lowest BCUT2D eigenvalue weighted by atomic mass is 10.00. The smallest absolute Gasteiger partial charge is 0.333 e. The molecule has 3 fully saturated rings. The van der Waals surface area contributed by atoms with Gasteiger partial charge in [-0.05, 0) is 19.3 Å². The van der Waals surface area contributed by atoms with Crippen LogP contribution in [0.2, 0.25) is 0 Å². The van der Waals surface area contributed by atoms with Crippen molar-refractivity contribution in [2.75, 3.05) is 13.1 Å². The summed E-state index contributed by atoms with van der Waals surface area (Å²) < 4.78 is 36.9. The summed E-state index contributed by atoms with van der Waals surface area (Å²) in [5.74, 6) is 4.41. The van der Waals surface area contributed by atoms with E-state index in [4.69, 9.17) is 10.4 Å². The number of rotatable bonds is 5. The van der Waals surface area contributed by atoms with Gasteiger partial charge < -0.3 is 14.8 Å². The Morgan fingerprint density at radius 2 is 2.07 bits per heavy atom. The van der Waals surface area contributed by atoms with E-state index in [0.29, 0.717) is 23.0 Å². The van der Waals surface area contributed by atoms with Gasteiger partial charge in [-0.1, -0.05) is 0 Å². The van der Waals surface area contributed by atoms with Crippen LogP contribution in [0.1, 0.15) is 25.3 Å². The first-order chi connectivity index (χ1) is 14.2. The lowest BCUT2D eigenvalue weighted by molar-refractivity contribution is -0.149. The first-order valence-corrected chi connectivity index (χ1v) is 10.6. The molecule has 15 heteroatoms. The summed E-state index contributed by atoms with van der Waals surface area (Å²) in [5, 5.41) is 4.07. The van der Waals surface area contributed by atoms with Crippen LogP contribution in [0, 0.1) is 0 Å². The Kier molecular flexibility index (Phi) is 5.23. The molecule has 30 heavy (non-hydrogen) atoms. The van der Waals surface area contributed by atoms with Gasteiger partial charge in [-0.25, -0.2) is 20.6 Å². The number of nitrogens with zero attached hydrogens (tertiary/aromatic N) is 5. The van der Waals surface area contributed by atoms with Crippen LogP contribution in [-0.2, 0) is 24.3 Å². The number of nitrogens with two attached hydrogens (primary N) is 1. The van der Waals surface area contributed by atoms with Gasteiger partial charge in [0.25, 0.3) is 11.8 Å². The second-order valence-corrected chi connectivity index (χ2v) is 8.42. The van der Waals surface area contributed by atoms with Crippen LogP contribution in [-0.4, -0.2) is 86.6 Å². The molecule has 3 aliphatic rings. The number of fused-ring (bicyclic) bond motifs is 2. The molecule has 3 saturated heterocycles. The number of urea groups is 1. The molecule has 4 atom stereocenters. The van der Waals surface area contributed by atoms with Crippen LogP contribution in [0.25, 0.3) is 0 Å². The Morgan fingerprint density at radius 3 is 2.73 bits per heavy atom. The molecule has 2 bridgehead atoms. The van der Waals surface area contributed by atoms with Gasteiger partial charge in [-0.15, -0.1) is 4.28 Å². The Balaban J connectivity index is 1.41. The number of hydrogen-bond acceptors (Lipinski definition) is 9. The van der Waals surface area contributed by atoms with Crippen LogP contribution in [0.15, 0.2) is 18.7 Å². The second kappa shape index (κ2) is 7.59. The summed E-state index contributed by atoms with van der Waals surface area (Å²) in [6.45, 7) is 0.517. The fourth-order valence-electron chi connectivity index (χ4n) is 4.14. The van der Waals surface area contributed by atoms with Crippen molar-refractivity contribution in [3.05, 3.63) is 18.7 Å². The maximum absolute atomic E-state index is 12.8. The molecule has 164 valence electrons. The van der Waals surface area contributed by atoms with E-state index in [1.165, 1.54) is 0 Å². The molecule has 4 rings (SSSR count). The average molecular weight is 443 g/mol. The van der Waals surface area contributed by atoms with Gasteiger partial charge in [-0.3, -0.25) is 14.1 Å². The fourth-order valence-corrected chi connectivity index (χ4v) is 4.53. The monoisotopic (exact) mass is 443 g/mol. The van der Waals surface area contributed by atoms with Gasteiger partial charge in [0.05, 0.1) is 18.4 Å². The van der Waals surface area contributed by atoms with Gasteiger partial charge in [0.15, 0.2) is 0 Å². The van der Waals surface area contributed by atoms with Gasteiger partial charge in [-0.2, -0.15) is 13.5 Å². The third-order valence-corrected chi connectivity index (χ3v) is 5.96. The largest absolute Gasteiger partial charge is 0.418 e. The predicted octanol–water partition coefficient (Wildman–Crippen LogP) is -1.98. The molecule has 1 aromatic rings. The van der Waals surface area contributed by atoms with Crippen LogP contribution < -0.4 is 11.2 Å². The Morgan fingerprint density at radius 1 is 1.30 bits per heavy atom. The second-order valence-electron chi connectivity index (χ2n) is 7.42. The van der Waals surface area contributed by atoms with Gasteiger partial charge in [0.1, 0.15) is 6.04 Å². The van der Waals surface area contributed by atoms with Gasteiger partial charge in [0.2, 0.25) is 0 Å². The Bertz CT molecular complexity index is 953. The Hall–Kier alpha value is -2.59. The van der Waals surface area contributed by atoms with Crippen molar-refractivity contribution in [2.45, 2.75) is 43.4 Å². The Labute approximate surface area is 171 Å². The van der Waals surface area contributed by atoms with Crippen molar-refractivity contribution in [3.8, 4) is 0 Å². The van der Waals surface area contributed by atoms with E-state index in [9.17, 15) is 22.8 Å². The van der Waals surface area contributed by atoms with E-state index in [1.54, 1.807) is 18.7 Å². The summed E-state index contributed by atoms with van der Waals surface area (Å²) in [5.41, 5.74) is 0. The zero-order valence-corrected chi connectivity index (χ0v) is 16.5. The summed E-state index contributed by atoms with van der Waals surface area (Å²) in [6.07, 6.45) is 5.87. The molecule has 4 N–H and O–H groups in total. The highest BCUT2D eigenvalue weighted by molar-refractivity contribution is 7.80. The quantitative estimate of drug-likeness (QED) is 0.152.